The molecule has 0 aromatic heterocycles. The molecule has 0 aliphatic carbocycles. The summed E-state index contributed by atoms with van der Waals surface area (Å²) in [5, 5.41) is 1.04. The van der Waals surface area contributed by atoms with Crippen LogP contribution in [-0.4, -0.2) is 18.5 Å². The minimum absolute atomic E-state index is 0.664. The average molecular weight is 285 g/mol. The summed E-state index contributed by atoms with van der Waals surface area (Å²) in [6.45, 7) is 3.97. The van der Waals surface area contributed by atoms with Gasteiger partial charge in [-0.1, -0.05) is 59.6 Å². The van der Waals surface area contributed by atoms with Crippen molar-refractivity contribution in [1.82, 2.24) is 0 Å². The summed E-state index contributed by atoms with van der Waals surface area (Å²) in [4.78, 5) is 0. The second-order valence-corrected chi connectivity index (χ2v) is 4.74. The molecule has 0 aliphatic heterocycles. The number of ether oxygens (including phenoxy) is 1. The van der Waals surface area contributed by atoms with Gasteiger partial charge in [-0.15, -0.1) is 0 Å². The molecule has 0 N–H and O–H groups in total. The van der Waals surface area contributed by atoms with Crippen LogP contribution in [0, 0.1) is 5.92 Å². The summed E-state index contributed by atoms with van der Waals surface area (Å²) in [5.41, 5.74) is 1.40. The van der Waals surface area contributed by atoms with Gasteiger partial charge in [-0.25, -0.2) is 0 Å². The molecule has 0 heterocycles. The predicted molar refractivity (Wildman–Crippen MR) is 73.2 cm³/mol. The van der Waals surface area contributed by atoms with E-state index in [4.69, 9.17) is 4.74 Å². The van der Waals surface area contributed by atoms with E-state index in [0.717, 1.165) is 31.4 Å². The molecule has 1 rings (SSSR count). The second kappa shape index (κ2) is 8.77. The van der Waals surface area contributed by atoms with Crippen LogP contribution in [0.3, 0.4) is 0 Å². The standard InChI is InChI=1S/C14H21BrO/c1-2-13(11-15)12-16-10-6-9-14-7-4-3-5-8-14/h3-5,7-8,13H,2,6,9-12H2,1H3. The highest BCUT2D eigenvalue weighted by Crippen LogP contribution is 2.07. The molecule has 1 atom stereocenters. The zero-order valence-corrected chi connectivity index (χ0v) is 11.6. The van der Waals surface area contributed by atoms with Gasteiger partial charge in [0, 0.05) is 11.9 Å². The maximum Gasteiger partial charge on any atom is 0.0502 e. The fourth-order valence-electron chi connectivity index (χ4n) is 1.54. The van der Waals surface area contributed by atoms with Crippen LogP contribution in [0.5, 0.6) is 0 Å². The van der Waals surface area contributed by atoms with Gasteiger partial charge in [0.15, 0.2) is 0 Å². The van der Waals surface area contributed by atoms with Gasteiger partial charge in [-0.2, -0.15) is 0 Å². The van der Waals surface area contributed by atoms with Crippen LogP contribution in [0.2, 0.25) is 0 Å². The van der Waals surface area contributed by atoms with Crippen molar-refractivity contribution in [3.8, 4) is 0 Å². The third-order valence-corrected chi connectivity index (χ3v) is 3.66. The molecule has 0 aliphatic rings. The van der Waals surface area contributed by atoms with Crippen molar-refractivity contribution < 1.29 is 4.74 Å². The van der Waals surface area contributed by atoms with Gasteiger partial charge in [0.25, 0.3) is 0 Å². The van der Waals surface area contributed by atoms with Gasteiger partial charge in [0.1, 0.15) is 0 Å². The van der Waals surface area contributed by atoms with Crippen LogP contribution >= 0.6 is 15.9 Å². The van der Waals surface area contributed by atoms with Gasteiger partial charge in [0.2, 0.25) is 0 Å². The Labute approximate surface area is 107 Å². The van der Waals surface area contributed by atoms with Crippen LogP contribution in [-0.2, 0) is 11.2 Å². The van der Waals surface area contributed by atoms with Crippen molar-refractivity contribution in [2.75, 3.05) is 18.5 Å². The molecule has 1 unspecified atom stereocenters. The largest absolute Gasteiger partial charge is 0.381 e. The van der Waals surface area contributed by atoms with Crippen molar-refractivity contribution in [2.24, 2.45) is 5.92 Å². The number of halogens is 1. The highest BCUT2D eigenvalue weighted by Gasteiger charge is 2.03. The van der Waals surface area contributed by atoms with Gasteiger partial charge < -0.3 is 4.74 Å². The monoisotopic (exact) mass is 284 g/mol. The van der Waals surface area contributed by atoms with E-state index in [1.165, 1.54) is 12.0 Å². The van der Waals surface area contributed by atoms with Gasteiger partial charge in [-0.05, 0) is 24.3 Å². The minimum Gasteiger partial charge on any atom is -0.381 e. The summed E-state index contributed by atoms with van der Waals surface area (Å²) in [5.74, 6) is 0.664. The van der Waals surface area contributed by atoms with Crippen molar-refractivity contribution in [3.63, 3.8) is 0 Å². The smallest absolute Gasteiger partial charge is 0.0502 e. The Morgan fingerprint density at radius 1 is 1.25 bits per heavy atom. The lowest BCUT2D eigenvalue weighted by molar-refractivity contribution is 0.103. The maximum absolute atomic E-state index is 5.67. The SMILES string of the molecule is CCC(CBr)COCCCc1ccccc1. The first-order valence-electron chi connectivity index (χ1n) is 6.04. The van der Waals surface area contributed by atoms with E-state index in [2.05, 4.69) is 53.2 Å². The van der Waals surface area contributed by atoms with Crippen LogP contribution in [0.25, 0.3) is 0 Å². The molecule has 1 aromatic rings. The van der Waals surface area contributed by atoms with Gasteiger partial charge >= 0.3 is 0 Å². The number of hydrogen-bond acceptors (Lipinski definition) is 1. The molecule has 1 aromatic carbocycles. The summed E-state index contributed by atoms with van der Waals surface area (Å²) in [6, 6.07) is 10.6. The Balaban J connectivity index is 2.04. The number of rotatable bonds is 8. The maximum atomic E-state index is 5.67. The van der Waals surface area contributed by atoms with E-state index in [0.29, 0.717) is 5.92 Å². The highest BCUT2D eigenvalue weighted by atomic mass is 79.9. The lowest BCUT2D eigenvalue weighted by Crippen LogP contribution is -2.11. The number of hydrogen-bond donors (Lipinski definition) is 0. The Morgan fingerprint density at radius 3 is 2.62 bits per heavy atom. The molecule has 0 fully saturated rings. The molecular formula is C14H21BrO. The van der Waals surface area contributed by atoms with E-state index >= 15 is 0 Å². The zero-order valence-electron chi connectivity index (χ0n) is 9.99. The molecule has 0 bridgehead atoms. The van der Waals surface area contributed by atoms with Crippen LogP contribution in [0.4, 0.5) is 0 Å². The fourth-order valence-corrected chi connectivity index (χ4v) is 2.19. The van der Waals surface area contributed by atoms with Crippen molar-refractivity contribution in [2.45, 2.75) is 26.2 Å². The molecule has 0 amide bonds. The zero-order chi connectivity index (χ0) is 11.6. The number of aryl methyl sites for hydroxylation is 1. The first-order chi connectivity index (χ1) is 7.86. The third kappa shape index (κ3) is 5.66. The molecule has 0 spiro atoms. The summed E-state index contributed by atoms with van der Waals surface area (Å²) in [7, 11) is 0. The van der Waals surface area contributed by atoms with Gasteiger partial charge in [-0.3, -0.25) is 0 Å². The lowest BCUT2D eigenvalue weighted by atomic mass is 10.1. The second-order valence-electron chi connectivity index (χ2n) is 4.09. The van der Waals surface area contributed by atoms with E-state index < -0.39 is 0 Å². The van der Waals surface area contributed by atoms with Crippen LogP contribution < -0.4 is 0 Å². The first-order valence-corrected chi connectivity index (χ1v) is 7.16. The Kier molecular flexibility index (Phi) is 7.52. The lowest BCUT2D eigenvalue weighted by Gasteiger charge is -2.11. The summed E-state index contributed by atoms with van der Waals surface area (Å²) in [6.07, 6.45) is 3.42. The molecule has 16 heavy (non-hydrogen) atoms. The molecule has 0 saturated heterocycles. The third-order valence-electron chi connectivity index (χ3n) is 2.75. The van der Waals surface area contributed by atoms with Crippen LogP contribution in [0.1, 0.15) is 25.3 Å². The minimum atomic E-state index is 0.664. The Morgan fingerprint density at radius 2 is 2.00 bits per heavy atom. The van der Waals surface area contributed by atoms with Crippen molar-refractivity contribution in [1.29, 1.82) is 0 Å². The quantitative estimate of drug-likeness (QED) is 0.517. The number of benzene rings is 1. The normalized spacial score (nSPS) is 12.6. The van der Waals surface area contributed by atoms with E-state index in [-0.39, 0.29) is 0 Å². The average Bonchev–Trinajstić information content (AvgIpc) is 2.35. The summed E-state index contributed by atoms with van der Waals surface area (Å²) < 4.78 is 5.67. The topological polar surface area (TPSA) is 9.23 Å². The van der Waals surface area contributed by atoms with Gasteiger partial charge in [0.05, 0.1) is 6.61 Å². The van der Waals surface area contributed by atoms with Crippen molar-refractivity contribution >= 4 is 15.9 Å². The van der Waals surface area contributed by atoms with Crippen LogP contribution in [0.15, 0.2) is 30.3 Å². The predicted octanol–water partition coefficient (Wildman–Crippen LogP) is 4.06. The Hall–Kier alpha value is -0.340. The molecule has 2 heteroatoms. The molecule has 1 nitrogen and oxygen atoms in total. The molecule has 90 valence electrons. The molecule has 0 saturated carbocycles. The molecule has 0 radical (unpaired) electrons. The molecular weight excluding hydrogens is 264 g/mol. The fraction of sp³-hybridized carbons (Fsp3) is 0.571. The Bertz CT molecular complexity index is 257. The first kappa shape index (κ1) is 13.7. The highest BCUT2D eigenvalue weighted by molar-refractivity contribution is 9.09. The van der Waals surface area contributed by atoms with E-state index in [9.17, 15) is 0 Å². The van der Waals surface area contributed by atoms with E-state index in [1.807, 2.05) is 0 Å². The number of alkyl halides is 1. The van der Waals surface area contributed by atoms with E-state index in [1.54, 1.807) is 0 Å². The van der Waals surface area contributed by atoms with Crippen molar-refractivity contribution in [3.05, 3.63) is 35.9 Å². The summed E-state index contributed by atoms with van der Waals surface area (Å²) >= 11 is 3.50.